The number of H-pyrrole nitrogens is 3. The lowest BCUT2D eigenvalue weighted by atomic mass is 10.0. The van der Waals surface area contributed by atoms with Crippen LogP contribution in [-0.2, 0) is 7.05 Å². The quantitative estimate of drug-likeness (QED) is 0.0230. The number of hydrogen-bond donors (Lipinski definition) is 6. The van der Waals surface area contributed by atoms with Crippen molar-refractivity contribution in [2.45, 2.75) is 6.10 Å². The number of aromatic carboxylic acids is 1. The number of carboxylic acid groups (broad SMARTS) is 1. The van der Waals surface area contributed by atoms with E-state index in [1.165, 1.54) is 121 Å². The minimum absolute atomic E-state index is 0.0101. The number of fused-ring (bicyclic) bond motifs is 6. The summed E-state index contributed by atoms with van der Waals surface area (Å²) in [4.78, 5) is 61.8. The molecule has 6 N–H and O–H groups in total. The Labute approximate surface area is 703 Å². The number of aromatic amines is 3. The van der Waals surface area contributed by atoms with E-state index in [9.17, 15) is 54.6 Å². The third-order valence-corrected chi connectivity index (χ3v) is 19.0. The molecular weight excluding hydrogens is 1610 g/mol. The highest BCUT2D eigenvalue weighted by Gasteiger charge is 2.22. The van der Waals surface area contributed by atoms with Crippen molar-refractivity contribution < 1.29 is 69.7 Å². The zero-order chi connectivity index (χ0) is 87.6. The molecule has 1 atom stereocenters. The number of nitrogens with zero attached hydrogens (tertiary/aromatic N) is 13. The lowest BCUT2D eigenvalue weighted by molar-refractivity contribution is -0.905. The number of aliphatic hydroxyl groups is 1. The third kappa shape index (κ3) is 20.3. The van der Waals surface area contributed by atoms with E-state index in [1.54, 1.807) is 53.7 Å². The third-order valence-electron chi connectivity index (χ3n) is 19.0. The number of halogens is 8. The van der Waals surface area contributed by atoms with Gasteiger partial charge in [0.1, 0.15) is 80.5 Å². The van der Waals surface area contributed by atoms with Crippen molar-refractivity contribution in [3.63, 3.8) is 0 Å². The summed E-state index contributed by atoms with van der Waals surface area (Å²) in [6.45, 7) is 7.09. The minimum atomic E-state index is -1.18. The van der Waals surface area contributed by atoms with Crippen LogP contribution >= 0.6 is 0 Å². The first-order valence-corrected chi connectivity index (χ1v) is 37.6. The average molecular weight is 1680 g/mol. The Balaban J connectivity index is 0.000000119. The number of aliphatic hydroxyl groups excluding tert-OH is 1. The van der Waals surface area contributed by atoms with Gasteiger partial charge in [-0.1, -0.05) is 140 Å². The lowest BCUT2D eigenvalue weighted by Gasteiger charge is -2.11. The summed E-state index contributed by atoms with van der Waals surface area (Å²) in [5.41, 5.74) is 11.3. The summed E-state index contributed by atoms with van der Waals surface area (Å²) in [6, 6.07) is 71.1. The molecule has 0 aliphatic heterocycles. The number of nitrogens with one attached hydrogen (secondary N) is 3. The number of hydrogen-bond acceptors (Lipinski definition) is 15. The van der Waals surface area contributed by atoms with Crippen molar-refractivity contribution in [2.24, 2.45) is 7.05 Å². The van der Waals surface area contributed by atoms with E-state index in [1.807, 2.05) is 98.0 Å². The maximum absolute atomic E-state index is 13.4. The molecule has 22 nitrogen and oxygen atoms in total. The number of ketones is 2. The smallest absolute Gasteiger partial charge is 0.354 e. The molecule has 11 aromatic heterocycles. The maximum atomic E-state index is 13.4. The molecule has 125 heavy (non-hydrogen) atoms. The first kappa shape index (κ1) is 84.4. The van der Waals surface area contributed by atoms with Crippen molar-refractivity contribution in [3.8, 4) is 45.0 Å². The Morgan fingerprint density at radius 2 is 0.912 bits per heavy atom. The van der Waals surface area contributed by atoms with Crippen molar-refractivity contribution in [1.29, 1.82) is 0 Å². The van der Waals surface area contributed by atoms with Gasteiger partial charge in [-0.25, -0.2) is 40.5 Å². The Morgan fingerprint density at radius 1 is 0.432 bits per heavy atom. The van der Waals surface area contributed by atoms with Crippen LogP contribution in [0.25, 0.3) is 115 Å². The Kier molecular flexibility index (Phi) is 26.2. The van der Waals surface area contributed by atoms with Crippen LogP contribution in [0.4, 0.5) is 40.9 Å². The Morgan fingerprint density at radius 3 is 1.47 bits per heavy atom. The molecule has 0 radical (unpaired) electrons. The summed E-state index contributed by atoms with van der Waals surface area (Å²) in [6.07, 6.45) is 12.2. The van der Waals surface area contributed by atoms with Crippen molar-refractivity contribution in [2.75, 3.05) is 0 Å². The molecule has 0 bridgehead atoms. The first-order valence-electron chi connectivity index (χ1n) is 37.6. The number of aryl methyl sites for hydroxylation is 1. The van der Waals surface area contributed by atoms with Gasteiger partial charge >= 0.3 is 5.97 Å². The molecule has 0 fully saturated rings. The molecule has 9 aromatic carbocycles. The van der Waals surface area contributed by atoms with E-state index in [2.05, 4.69) is 94.7 Å². The van der Waals surface area contributed by atoms with Crippen molar-refractivity contribution in [3.05, 3.63) is 420 Å². The lowest BCUT2D eigenvalue weighted by Crippen LogP contribution is -2.30. The molecule has 20 rings (SSSR count). The zero-order valence-electron chi connectivity index (χ0n) is 65.1. The standard InChI is InChI=1S/C17H10N4.C17H11N3O2.C13H10FN3.C12H8F2NO2.C12H9F2NO.C12H7F2NO.C12H8FN3/c1-18-15-9-8-14-17(19-15)16(21-20-14)13-7-6-11-4-2-3-5-12(11)10-13;21-17(22)14-8-7-13-16(18-14)15(20-19-13)12-6-5-10-3-1-2-4-11(10)9-12;1-17-12-8-15-6-5-11(12)13(16-17)9-3-2-4-10(14)7-9;13-9-3-1-2-8(6-9)12(16)10-4-5-15(17)7-11(10)14;2*13-9-3-1-2-8(6-9)12(16)10-4-5-15-7-11(10)14;13-9-3-1-2-8(6-9)12-10-4-5-14-7-11(10)15-16-12/h2-10H,(H,20,21);1-9H,(H,19,20)(H,21,22);2-8H,1H3;1-7,17H;1-7,12,16H;1-7H;1-7H,(H,15,16)/q;;;+1;;;. The molecule has 0 saturated heterocycles. The number of pyridine rings is 7. The highest BCUT2D eigenvalue weighted by Crippen LogP contribution is 2.33. The number of carbonyl (C=O) groups is 3. The fraction of sp³-hybridized carbons (Fsp3) is 0.0211. The number of carboxylic acids is 1. The van der Waals surface area contributed by atoms with Crippen LogP contribution in [0.1, 0.15) is 59.6 Å². The molecule has 11 heterocycles. The second-order valence-electron chi connectivity index (χ2n) is 27.2. The summed E-state index contributed by atoms with van der Waals surface area (Å²) >= 11 is 0. The number of benzene rings is 9. The van der Waals surface area contributed by atoms with Gasteiger partial charge in [0.25, 0.3) is 12.0 Å². The van der Waals surface area contributed by atoms with Gasteiger partial charge in [-0.3, -0.25) is 54.7 Å². The highest BCUT2D eigenvalue weighted by atomic mass is 19.2. The number of rotatable bonds is 11. The molecule has 1 unspecified atom stereocenters. The topological polar surface area (TPSA) is 301 Å². The largest absolute Gasteiger partial charge is 0.477 e. The second kappa shape index (κ2) is 38.8. The Bertz CT molecular complexity index is 7410. The zero-order valence-corrected chi connectivity index (χ0v) is 65.1. The predicted octanol–water partition coefficient (Wildman–Crippen LogP) is 20.1. The van der Waals surface area contributed by atoms with Crippen LogP contribution in [-0.4, -0.2) is 103 Å². The van der Waals surface area contributed by atoms with E-state index in [4.69, 9.17) is 16.9 Å². The maximum Gasteiger partial charge on any atom is 0.354 e. The summed E-state index contributed by atoms with van der Waals surface area (Å²) in [5, 5.41) is 60.4. The monoisotopic (exact) mass is 1680 g/mol. The van der Waals surface area contributed by atoms with Gasteiger partial charge in [0.15, 0.2) is 17.4 Å². The fourth-order valence-corrected chi connectivity index (χ4v) is 13.0. The molecular formula is C95H63F8N16O6+. The minimum Gasteiger partial charge on any atom is -0.477 e. The summed E-state index contributed by atoms with van der Waals surface area (Å²) < 4.78 is 107. The molecule has 614 valence electrons. The van der Waals surface area contributed by atoms with Gasteiger partial charge in [0.2, 0.25) is 17.5 Å². The van der Waals surface area contributed by atoms with E-state index in [0.717, 1.165) is 131 Å². The first-order chi connectivity index (χ1) is 60.6. The van der Waals surface area contributed by atoms with Crippen LogP contribution < -0.4 is 4.73 Å². The molecule has 0 aliphatic carbocycles. The van der Waals surface area contributed by atoms with Gasteiger partial charge < -0.3 is 15.1 Å². The van der Waals surface area contributed by atoms with Gasteiger partial charge in [0, 0.05) is 92.3 Å². The van der Waals surface area contributed by atoms with Crippen molar-refractivity contribution >= 4 is 88.8 Å². The second-order valence-corrected chi connectivity index (χ2v) is 27.2. The molecule has 0 spiro atoms. The average Bonchev–Trinajstić information content (AvgIpc) is 1.67. The SMILES string of the molecule is Cn1nc(-c2cccc(F)c2)c2ccncc21.Fc1cccc(-c2n[nH]c3cnccc23)c1.O=C(O)c1ccc2[nH]nc(-c3ccc4ccccc4c3)c2n1.O=C(c1cccc(F)c1)c1cc[n+](O)cc1F.O=C(c1cccc(F)c1)c1ccncc1F.OC(c1cccc(F)c1)c1ccncc1F.[C-]#[N+]c1ccc2[nH]nc(-c3ccc4ccccc4c3)c2n1. The summed E-state index contributed by atoms with van der Waals surface area (Å²) in [5.74, 6) is -6.13. The van der Waals surface area contributed by atoms with Crippen LogP contribution in [0.15, 0.2) is 323 Å². The highest BCUT2D eigenvalue weighted by molar-refractivity contribution is 6.10. The fourth-order valence-electron chi connectivity index (χ4n) is 13.0. The molecule has 0 amide bonds. The van der Waals surface area contributed by atoms with Crippen LogP contribution in [0.3, 0.4) is 0 Å². The van der Waals surface area contributed by atoms with Gasteiger partial charge in [0.05, 0.1) is 52.5 Å². The van der Waals surface area contributed by atoms with Crippen molar-refractivity contribution in [1.82, 2.24) is 70.3 Å². The van der Waals surface area contributed by atoms with Gasteiger partial charge in [-0.2, -0.15) is 24.8 Å². The van der Waals surface area contributed by atoms with Gasteiger partial charge in [-0.15, -0.1) is 4.98 Å². The van der Waals surface area contributed by atoms with Crippen LogP contribution in [0, 0.1) is 53.1 Å². The summed E-state index contributed by atoms with van der Waals surface area (Å²) in [7, 11) is 1.85. The number of aromatic nitrogens is 15. The molecule has 0 saturated carbocycles. The Hall–Kier alpha value is -17.1. The van der Waals surface area contributed by atoms with E-state index < -0.39 is 58.5 Å². The van der Waals surface area contributed by atoms with E-state index in [0.29, 0.717) is 32.8 Å². The van der Waals surface area contributed by atoms with E-state index >= 15 is 0 Å². The number of carbonyl (C=O) groups excluding carboxylic acids is 2. The van der Waals surface area contributed by atoms with Crippen LogP contribution in [0.5, 0.6) is 0 Å². The molecule has 0 aliphatic rings. The molecule has 30 heteroatoms. The van der Waals surface area contributed by atoms with Crippen LogP contribution in [0.2, 0.25) is 0 Å². The van der Waals surface area contributed by atoms with E-state index in [-0.39, 0.29) is 45.1 Å². The molecule has 20 aromatic rings. The van der Waals surface area contributed by atoms with Gasteiger partial charge in [-0.05, 0) is 148 Å². The normalized spacial score (nSPS) is 10.9. The predicted molar refractivity (Wildman–Crippen MR) is 452 cm³/mol.